The van der Waals surface area contributed by atoms with Crippen LogP contribution < -0.4 is 14.2 Å². The second kappa shape index (κ2) is 7.80. The van der Waals surface area contributed by atoms with Crippen molar-refractivity contribution in [3.05, 3.63) is 94.5 Å². The Morgan fingerprint density at radius 2 is 1.83 bits per heavy atom. The van der Waals surface area contributed by atoms with Gasteiger partial charge in [0.15, 0.2) is 5.76 Å². The first-order chi connectivity index (χ1) is 14.0. The highest BCUT2D eigenvalue weighted by atomic mass is 19.1. The predicted molar refractivity (Wildman–Crippen MR) is 108 cm³/mol. The van der Waals surface area contributed by atoms with E-state index in [0.717, 1.165) is 16.7 Å². The third kappa shape index (κ3) is 3.85. The maximum Gasteiger partial charge on any atom is 0.232 e. The molecule has 146 valence electrons. The van der Waals surface area contributed by atoms with Crippen molar-refractivity contribution in [2.45, 2.75) is 13.5 Å². The van der Waals surface area contributed by atoms with Crippen LogP contribution >= 0.6 is 0 Å². The molecule has 0 saturated carbocycles. The molecule has 0 spiro atoms. The second-order valence-electron chi connectivity index (χ2n) is 6.71. The van der Waals surface area contributed by atoms with Gasteiger partial charge in [-0.15, -0.1) is 0 Å². The number of benzene rings is 3. The number of para-hydroxylation sites is 1. The summed E-state index contributed by atoms with van der Waals surface area (Å²) in [4.78, 5) is 12.8. The molecule has 1 aliphatic heterocycles. The van der Waals surface area contributed by atoms with Gasteiger partial charge in [0.1, 0.15) is 29.7 Å². The molecule has 3 aromatic rings. The molecule has 0 N–H and O–H groups in total. The molecule has 0 fully saturated rings. The number of allylic oxidation sites excluding steroid dienone is 1. The molecule has 0 aliphatic carbocycles. The second-order valence-corrected chi connectivity index (χ2v) is 6.71. The van der Waals surface area contributed by atoms with Gasteiger partial charge in [-0.25, -0.2) is 4.39 Å². The lowest BCUT2D eigenvalue weighted by Crippen LogP contribution is -2.00. The maximum absolute atomic E-state index is 13.0. The SMILES string of the molecule is COc1ccccc1/C=C1\Oc2cc(OCc3ccc(F)cc3)cc(C)c2C1=O. The van der Waals surface area contributed by atoms with Crippen molar-refractivity contribution >= 4 is 11.9 Å². The molecule has 0 atom stereocenters. The van der Waals surface area contributed by atoms with E-state index in [2.05, 4.69) is 0 Å². The number of carbonyl (C=O) groups excluding carboxylic acids is 1. The Hall–Kier alpha value is -3.60. The first kappa shape index (κ1) is 18.7. The van der Waals surface area contributed by atoms with Crippen molar-refractivity contribution in [1.82, 2.24) is 0 Å². The van der Waals surface area contributed by atoms with Crippen LogP contribution in [0.15, 0.2) is 66.4 Å². The van der Waals surface area contributed by atoms with Crippen molar-refractivity contribution in [1.29, 1.82) is 0 Å². The zero-order valence-electron chi connectivity index (χ0n) is 16.1. The summed E-state index contributed by atoms with van der Waals surface area (Å²) in [5.41, 5.74) is 2.90. The summed E-state index contributed by atoms with van der Waals surface area (Å²) in [6.45, 7) is 2.13. The number of carbonyl (C=O) groups is 1. The van der Waals surface area contributed by atoms with E-state index >= 15 is 0 Å². The Balaban J connectivity index is 1.58. The van der Waals surface area contributed by atoms with E-state index in [0.29, 0.717) is 22.8 Å². The van der Waals surface area contributed by atoms with Gasteiger partial charge in [-0.1, -0.05) is 30.3 Å². The van der Waals surface area contributed by atoms with Crippen molar-refractivity contribution < 1.29 is 23.4 Å². The predicted octanol–water partition coefficient (Wildman–Crippen LogP) is 5.34. The number of aryl methyl sites for hydroxylation is 1. The molecule has 0 unspecified atom stereocenters. The summed E-state index contributed by atoms with van der Waals surface area (Å²) < 4.78 is 30.0. The fraction of sp³-hybridized carbons (Fsp3) is 0.125. The minimum atomic E-state index is -0.289. The fourth-order valence-electron chi connectivity index (χ4n) is 3.23. The van der Waals surface area contributed by atoms with E-state index in [1.54, 1.807) is 37.5 Å². The fourth-order valence-corrected chi connectivity index (χ4v) is 3.23. The molecule has 1 heterocycles. The van der Waals surface area contributed by atoms with E-state index in [-0.39, 0.29) is 24.0 Å². The standard InChI is InChI=1S/C24H19FO4/c1-15-11-19(28-14-16-7-9-18(25)10-8-16)13-21-23(15)24(26)22(29-21)12-17-5-3-4-6-20(17)27-2/h3-13H,14H2,1-2H3/b22-12-. The molecule has 4 nitrogen and oxygen atoms in total. The van der Waals surface area contributed by atoms with Crippen LogP contribution in [0.5, 0.6) is 17.2 Å². The molecular weight excluding hydrogens is 371 g/mol. The molecule has 0 amide bonds. The topological polar surface area (TPSA) is 44.8 Å². The molecule has 4 rings (SSSR count). The Labute approximate surface area is 168 Å². The Bertz CT molecular complexity index is 1100. The van der Waals surface area contributed by atoms with Crippen LogP contribution in [0.3, 0.4) is 0 Å². The summed E-state index contributed by atoms with van der Waals surface area (Å²) in [5, 5.41) is 0. The van der Waals surface area contributed by atoms with Crippen LogP contribution in [-0.2, 0) is 6.61 Å². The third-order valence-corrected chi connectivity index (χ3v) is 4.69. The van der Waals surface area contributed by atoms with Gasteiger partial charge in [-0.3, -0.25) is 4.79 Å². The van der Waals surface area contributed by atoms with Gasteiger partial charge in [-0.2, -0.15) is 0 Å². The first-order valence-corrected chi connectivity index (χ1v) is 9.14. The highest BCUT2D eigenvalue weighted by molar-refractivity contribution is 6.15. The number of methoxy groups -OCH3 is 1. The van der Waals surface area contributed by atoms with Crippen LogP contribution in [0.4, 0.5) is 4.39 Å². The average Bonchev–Trinajstić information content (AvgIpc) is 3.03. The lowest BCUT2D eigenvalue weighted by atomic mass is 10.0. The Kier molecular flexibility index (Phi) is 5.04. The number of hydrogen-bond donors (Lipinski definition) is 0. The van der Waals surface area contributed by atoms with Gasteiger partial charge in [0.2, 0.25) is 5.78 Å². The normalized spacial score (nSPS) is 13.9. The van der Waals surface area contributed by atoms with Crippen LogP contribution in [0.25, 0.3) is 6.08 Å². The zero-order chi connectivity index (χ0) is 20.4. The van der Waals surface area contributed by atoms with Gasteiger partial charge in [0.05, 0.1) is 12.7 Å². The van der Waals surface area contributed by atoms with Crippen LogP contribution in [0, 0.1) is 12.7 Å². The van der Waals surface area contributed by atoms with Crippen LogP contribution in [-0.4, -0.2) is 12.9 Å². The van der Waals surface area contributed by atoms with E-state index in [9.17, 15) is 9.18 Å². The van der Waals surface area contributed by atoms with Crippen molar-refractivity contribution in [2.24, 2.45) is 0 Å². The number of Topliss-reactive ketones (excluding diaryl/α,β-unsaturated/α-hetero) is 1. The lowest BCUT2D eigenvalue weighted by Gasteiger charge is -2.09. The molecule has 0 bridgehead atoms. The largest absolute Gasteiger partial charge is 0.496 e. The van der Waals surface area contributed by atoms with Gasteiger partial charge in [0, 0.05) is 11.6 Å². The molecule has 0 aromatic heterocycles. The Morgan fingerprint density at radius 1 is 1.07 bits per heavy atom. The molecule has 0 saturated heterocycles. The van der Waals surface area contributed by atoms with Gasteiger partial charge in [0.25, 0.3) is 0 Å². The first-order valence-electron chi connectivity index (χ1n) is 9.14. The Morgan fingerprint density at radius 3 is 2.59 bits per heavy atom. The number of hydrogen-bond acceptors (Lipinski definition) is 4. The molecule has 1 aliphatic rings. The monoisotopic (exact) mass is 390 g/mol. The van der Waals surface area contributed by atoms with Gasteiger partial charge < -0.3 is 14.2 Å². The number of ketones is 1. The molecule has 3 aromatic carbocycles. The highest BCUT2D eigenvalue weighted by Crippen LogP contribution is 2.38. The summed E-state index contributed by atoms with van der Waals surface area (Å²) in [5.74, 6) is 1.48. The van der Waals surface area contributed by atoms with Crippen LogP contribution in [0.1, 0.15) is 27.0 Å². The van der Waals surface area contributed by atoms with E-state index in [1.165, 1.54) is 12.1 Å². The molecule has 0 radical (unpaired) electrons. The van der Waals surface area contributed by atoms with E-state index in [1.807, 2.05) is 31.2 Å². The summed E-state index contributed by atoms with van der Waals surface area (Å²) >= 11 is 0. The highest BCUT2D eigenvalue weighted by Gasteiger charge is 2.30. The number of rotatable bonds is 5. The quantitative estimate of drug-likeness (QED) is 0.552. The lowest BCUT2D eigenvalue weighted by molar-refractivity contribution is 0.101. The number of ether oxygens (including phenoxy) is 3. The minimum Gasteiger partial charge on any atom is -0.496 e. The molecule has 29 heavy (non-hydrogen) atoms. The van der Waals surface area contributed by atoms with Gasteiger partial charge in [-0.05, 0) is 48.4 Å². The number of fused-ring (bicyclic) bond motifs is 1. The van der Waals surface area contributed by atoms with E-state index in [4.69, 9.17) is 14.2 Å². The molecular formula is C24H19FO4. The van der Waals surface area contributed by atoms with Crippen molar-refractivity contribution in [2.75, 3.05) is 7.11 Å². The van der Waals surface area contributed by atoms with Gasteiger partial charge >= 0.3 is 0 Å². The third-order valence-electron chi connectivity index (χ3n) is 4.69. The van der Waals surface area contributed by atoms with Crippen molar-refractivity contribution in [3.63, 3.8) is 0 Å². The van der Waals surface area contributed by atoms with E-state index < -0.39 is 0 Å². The summed E-state index contributed by atoms with van der Waals surface area (Å²) in [7, 11) is 1.58. The van der Waals surface area contributed by atoms with Crippen molar-refractivity contribution in [3.8, 4) is 17.2 Å². The molecule has 5 heteroatoms. The minimum absolute atomic E-state index is 0.173. The summed E-state index contributed by atoms with van der Waals surface area (Å²) in [6, 6.07) is 17.0. The average molecular weight is 390 g/mol. The van der Waals surface area contributed by atoms with Crippen LogP contribution in [0.2, 0.25) is 0 Å². The summed E-state index contributed by atoms with van der Waals surface area (Å²) in [6.07, 6.45) is 1.68. The number of halogens is 1. The smallest absolute Gasteiger partial charge is 0.232 e. The zero-order valence-corrected chi connectivity index (χ0v) is 16.1. The maximum atomic E-state index is 13.0.